The molecular weight excluding hydrogens is 198 g/mol. The second kappa shape index (κ2) is 5.48. The first kappa shape index (κ1) is 11.6. The molecule has 0 saturated heterocycles. The fraction of sp³-hybridized carbons (Fsp3) is 0.769. The van der Waals surface area contributed by atoms with E-state index in [0.717, 1.165) is 12.3 Å². The minimum absolute atomic E-state index is 0.481. The van der Waals surface area contributed by atoms with Crippen LogP contribution in [0.5, 0.6) is 0 Å². The second-order valence-electron chi connectivity index (χ2n) is 4.97. The average Bonchev–Trinajstić information content (AvgIpc) is 2.91. The highest BCUT2D eigenvalue weighted by atomic mass is 15.2. The molecule has 90 valence electrons. The Morgan fingerprint density at radius 1 is 1.50 bits per heavy atom. The van der Waals surface area contributed by atoms with Crippen molar-refractivity contribution in [2.24, 2.45) is 13.0 Å². The molecule has 1 atom stereocenters. The topological polar surface area (TPSA) is 29.9 Å². The minimum atomic E-state index is 0.481. The van der Waals surface area contributed by atoms with Crippen molar-refractivity contribution in [1.82, 2.24) is 15.1 Å². The molecular formula is C13H23N3. The van der Waals surface area contributed by atoms with E-state index in [2.05, 4.69) is 23.5 Å². The standard InChI is InChI=1S/C13H23N3/c1-3-13(12-9-15-16(2)10-12)14-8-11-6-4-5-7-11/h9-11,13-14H,3-8H2,1-2H3. The van der Waals surface area contributed by atoms with Crippen molar-refractivity contribution in [3.8, 4) is 0 Å². The molecule has 1 saturated carbocycles. The Morgan fingerprint density at radius 3 is 2.81 bits per heavy atom. The SMILES string of the molecule is CCC(NCC1CCCC1)c1cnn(C)c1. The van der Waals surface area contributed by atoms with Crippen LogP contribution in [-0.4, -0.2) is 16.3 Å². The van der Waals surface area contributed by atoms with Gasteiger partial charge in [0.15, 0.2) is 0 Å². The molecule has 3 heteroatoms. The van der Waals surface area contributed by atoms with Crippen LogP contribution in [0.1, 0.15) is 50.6 Å². The number of rotatable bonds is 5. The van der Waals surface area contributed by atoms with E-state index in [-0.39, 0.29) is 0 Å². The lowest BCUT2D eigenvalue weighted by Gasteiger charge is -2.18. The molecule has 1 aliphatic carbocycles. The predicted octanol–water partition coefficient (Wildman–Crippen LogP) is 2.65. The van der Waals surface area contributed by atoms with E-state index < -0.39 is 0 Å². The van der Waals surface area contributed by atoms with Crippen LogP contribution in [-0.2, 0) is 7.05 Å². The van der Waals surface area contributed by atoms with Gasteiger partial charge in [0, 0.05) is 24.8 Å². The summed E-state index contributed by atoms with van der Waals surface area (Å²) in [4.78, 5) is 0. The highest BCUT2D eigenvalue weighted by Crippen LogP contribution is 2.25. The third kappa shape index (κ3) is 2.85. The van der Waals surface area contributed by atoms with Crippen LogP contribution in [0.25, 0.3) is 0 Å². The lowest BCUT2D eigenvalue weighted by molar-refractivity contribution is 0.431. The molecule has 0 bridgehead atoms. The Bertz CT molecular complexity index is 313. The van der Waals surface area contributed by atoms with Crippen molar-refractivity contribution in [3.05, 3.63) is 18.0 Å². The first-order chi connectivity index (χ1) is 7.79. The van der Waals surface area contributed by atoms with Crippen LogP contribution in [0.4, 0.5) is 0 Å². The quantitative estimate of drug-likeness (QED) is 0.828. The van der Waals surface area contributed by atoms with Crippen molar-refractivity contribution >= 4 is 0 Å². The third-order valence-electron chi connectivity index (χ3n) is 3.66. The monoisotopic (exact) mass is 221 g/mol. The molecule has 0 aliphatic heterocycles. The Hall–Kier alpha value is -0.830. The summed E-state index contributed by atoms with van der Waals surface area (Å²) in [6, 6.07) is 0.481. The predicted molar refractivity (Wildman–Crippen MR) is 66.2 cm³/mol. The summed E-state index contributed by atoms with van der Waals surface area (Å²) in [5, 5.41) is 7.93. The van der Waals surface area contributed by atoms with E-state index in [1.54, 1.807) is 0 Å². The van der Waals surface area contributed by atoms with Gasteiger partial charge in [0.25, 0.3) is 0 Å². The largest absolute Gasteiger partial charge is 0.310 e. The Balaban J connectivity index is 1.85. The molecule has 2 rings (SSSR count). The van der Waals surface area contributed by atoms with Crippen molar-refractivity contribution in [3.63, 3.8) is 0 Å². The zero-order valence-electron chi connectivity index (χ0n) is 10.4. The van der Waals surface area contributed by atoms with Gasteiger partial charge in [0.1, 0.15) is 0 Å². The first-order valence-corrected chi connectivity index (χ1v) is 6.51. The lowest BCUT2D eigenvalue weighted by Crippen LogP contribution is -2.25. The number of aryl methyl sites for hydroxylation is 1. The average molecular weight is 221 g/mol. The van der Waals surface area contributed by atoms with Crippen molar-refractivity contribution in [1.29, 1.82) is 0 Å². The molecule has 1 fully saturated rings. The molecule has 1 unspecified atom stereocenters. The van der Waals surface area contributed by atoms with Crippen molar-refractivity contribution < 1.29 is 0 Å². The molecule has 1 aromatic rings. The second-order valence-corrected chi connectivity index (χ2v) is 4.97. The summed E-state index contributed by atoms with van der Waals surface area (Å²) in [7, 11) is 1.98. The molecule has 0 spiro atoms. The minimum Gasteiger partial charge on any atom is -0.310 e. The maximum Gasteiger partial charge on any atom is 0.0537 e. The Labute approximate surface area is 98.2 Å². The summed E-state index contributed by atoms with van der Waals surface area (Å²) in [6.45, 7) is 3.41. The Morgan fingerprint density at radius 2 is 2.25 bits per heavy atom. The number of hydrogen-bond acceptors (Lipinski definition) is 2. The summed E-state index contributed by atoms with van der Waals surface area (Å²) in [5.41, 5.74) is 1.32. The number of aromatic nitrogens is 2. The van der Waals surface area contributed by atoms with Crippen LogP contribution in [0.15, 0.2) is 12.4 Å². The molecule has 0 radical (unpaired) electrons. The molecule has 16 heavy (non-hydrogen) atoms. The van der Waals surface area contributed by atoms with E-state index in [0.29, 0.717) is 6.04 Å². The van der Waals surface area contributed by atoms with Gasteiger partial charge in [-0.3, -0.25) is 4.68 Å². The molecule has 0 aromatic carbocycles. The van der Waals surface area contributed by atoms with Crippen molar-refractivity contribution in [2.45, 2.75) is 45.1 Å². The normalized spacial score (nSPS) is 19.1. The Kier molecular flexibility index (Phi) is 3.99. The maximum atomic E-state index is 4.24. The van der Waals surface area contributed by atoms with Gasteiger partial charge < -0.3 is 5.32 Å². The summed E-state index contributed by atoms with van der Waals surface area (Å²) >= 11 is 0. The van der Waals surface area contributed by atoms with Gasteiger partial charge in [0.2, 0.25) is 0 Å². The number of hydrogen-bond donors (Lipinski definition) is 1. The van der Waals surface area contributed by atoms with Crippen LogP contribution < -0.4 is 5.32 Å². The number of nitrogens with zero attached hydrogens (tertiary/aromatic N) is 2. The van der Waals surface area contributed by atoms with Gasteiger partial charge in [-0.05, 0) is 31.7 Å². The molecule has 1 N–H and O–H groups in total. The summed E-state index contributed by atoms with van der Waals surface area (Å²) in [5.74, 6) is 0.908. The fourth-order valence-electron chi connectivity index (χ4n) is 2.64. The van der Waals surface area contributed by atoms with Crippen LogP contribution in [0.2, 0.25) is 0 Å². The molecule has 3 nitrogen and oxygen atoms in total. The van der Waals surface area contributed by atoms with Gasteiger partial charge in [-0.25, -0.2) is 0 Å². The van der Waals surface area contributed by atoms with Gasteiger partial charge >= 0.3 is 0 Å². The van der Waals surface area contributed by atoms with Gasteiger partial charge in [0.05, 0.1) is 6.20 Å². The lowest BCUT2D eigenvalue weighted by atomic mass is 10.1. The van der Waals surface area contributed by atoms with Crippen LogP contribution in [0.3, 0.4) is 0 Å². The number of nitrogens with one attached hydrogen (secondary N) is 1. The van der Waals surface area contributed by atoms with Crippen LogP contribution in [0, 0.1) is 5.92 Å². The van der Waals surface area contributed by atoms with E-state index in [9.17, 15) is 0 Å². The summed E-state index contributed by atoms with van der Waals surface area (Å²) < 4.78 is 1.88. The van der Waals surface area contributed by atoms with Gasteiger partial charge in [-0.2, -0.15) is 5.10 Å². The van der Waals surface area contributed by atoms with Crippen molar-refractivity contribution in [2.75, 3.05) is 6.54 Å². The van der Waals surface area contributed by atoms with E-state index in [1.807, 2.05) is 17.9 Å². The maximum absolute atomic E-state index is 4.24. The summed E-state index contributed by atoms with van der Waals surface area (Å²) in [6.07, 6.45) is 10.9. The molecule has 1 heterocycles. The zero-order valence-corrected chi connectivity index (χ0v) is 10.4. The van der Waals surface area contributed by atoms with Crippen LogP contribution >= 0.6 is 0 Å². The third-order valence-corrected chi connectivity index (χ3v) is 3.66. The van der Waals surface area contributed by atoms with Gasteiger partial charge in [-0.15, -0.1) is 0 Å². The van der Waals surface area contributed by atoms with E-state index in [1.165, 1.54) is 37.8 Å². The first-order valence-electron chi connectivity index (χ1n) is 6.51. The van der Waals surface area contributed by atoms with Gasteiger partial charge in [-0.1, -0.05) is 19.8 Å². The molecule has 0 amide bonds. The highest BCUT2D eigenvalue weighted by Gasteiger charge is 2.17. The zero-order chi connectivity index (χ0) is 11.4. The molecule has 1 aliphatic rings. The molecule has 1 aromatic heterocycles. The highest BCUT2D eigenvalue weighted by molar-refractivity contribution is 5.09. The van der Waals surface area contributed by atoms with E-state index >= 15 is 0 Å². The van der Waals surface area contributed by atoms with E-state index in [4.69, 9.17) is 0 Å². The smallest absolute Gasteiger partial charge is 0.0537 e. The fourth-order valence-corrected chi connectivity index (χ4v) is 2.64.